The lowest BCUT2D eigenvalue weighted by Crippen LogP contribution is -2.43. The molecule has 2 rings (SSSR count). The highest BCUT2D eigenvalue weighted by molar-refractivity contribution is 7.80. The maximum Gasteiger partial charge on any atom is 0.135 e. The standard InChI is InChI=1S/C16H23FN2OS/c1-3-16(4-2)10-11(8-9-20-16)19-13-7-5-6-12(17)14(13)15(18)21/h5-7,11,19H,3-4,8-10H2,1-2H3,(H2,18,21). The quantitative estimate of drug-likeness (QED) is 0.816. The van der Waals surface area contributed by atoms with Crippen LogP contribution in [0.5, 0.6) is 0 Å². The number of ether oxygens (including phenoxy) is 1. The highest BCUT2D eigenvalue weighted by atomic mass is 32.1. The number of nitrogens with one attached hydrogen (secondary N) is 1. The second kappa shape index (κ2) is 6.71. The molecule has 1 aromatic rings. The van der Waals surface area contributed by atoms with Crippen molar-refractivity contribution in [3.05, 3.63) is 29.6 Å². The van der Waals surface area contributed by atoms with Crippen molar-refractivity contribution >= 4 is 22.9 Å². The molecule has 1 atom stereocenters. The monoisotopic (exact) mass is 310 g/mol. The van der Waals surface area contributed by atoms with Crippen LogP contribution in [-0.2, 0) is 4.74 Å². The van der Waals surface area contributed by atoms with Crippen LogP contribution in [0.15, 0.2) is 18.2 Å². The van der Waals surface area contributed by atoms with Crippen molar-refractivity contribution in [3.63, 3.8) is 0 Å². The SMILES string of the molecule is CCC1(CC)CC(Nc2cccc(F)c2C(N)=S)CCO1. The molecule has 1 aromatic carbocycles. The number of nitrogens with two attached hydrogens (primary N) is 1. The van der Waals surface area contributed by atoms with Gasteiger partial charge >= 0.3 is 0 Å². The molecular formula is C16H23FN2OS. The second-order valence-corrected chi connectivity index (χ2v) is 6.04. The molecule has 1 saturated heterocycles. The Labute approximate surface area is 131 Å². The van der Waals surface area contributed by atoms with E-state index in [1.165, 1.54) is 6.07 Å². The third-order valence-corrected chi connectivity index (χ3v) is 4.61. The fourth-order valence-electron chi connectivity index (χ4n) is 3.01. The minimum absolute atomic E-state index is 0.0768. The van der Waals surface area contributed by atoms with E-state index in [1.807, 2.05) is 6.07 Å². The molecule has 1 aliphatic heterocycles. The van der Waals surface area contributed by atoms with E-state index < -0.39 is 0 Å². The van der Waals surface area contributed by atoms with Gasteiger partial charge in [-0.15, -0.1) is 0 Å². The van der Waals surface area contributed by atoms with Crippen LogP contribution < -0.4 is 11.1 Å². The van der Waals surface area contributed by atoms with Crippen molar-refractivity contribution < 1.29 is 9.13 Å². The Balaban J connectivity index is 2.19. The van der Waals surface area contributed by atoms with Crippen molar-refractivity contribution in [3.8, 4) is 0 Å². The number of hydrogen-bond acceptors (Lipinski definition) is 3. The topological polar surface area (TPSA) is 47.3 Å². The molecule has 0 amide bonds. The summed E-state index contributed by atoms with van der Waals surface area (Å²) >= 11 is 4.97. The van der Waals surface area contributed by atoms with Crippen molar-refractivity contribution in [2.45, 2.75) is 51.2 Å². The lowest BCUT2D eigenvalue weighted by Gasteiger charge is -2.40. The van der Waals surface area contributed by atoms with Crippen molar-refractivity contribution in [2.24, 2.45) is 5.73 Å². The van der Waals surface area contributed by atoms with Gasteiger partial charge in [0.05, 0.1) is 11.2 Å². The molecule has 5 heteroatoms. The molecule has 3 N–H and O–H groups in total. The van der Waals surface area contributed by atoms with Crippen molar-refractivity contribution in [1.82, 2.24) is 0 Å². The largest absolute Gasteiger partial charge is 0.389 e. The number of benzene rings is 1. The second-order valence-electron chi connectivity index (χ2n) is 5.60. The third kappa shape index (κ3) is 3.52. The molecule has 1 fully saturated rings. The van der Waals surface area contributed by atoms with E-state index >= 15 is 0 Å². The number of thiocarbonyl (C=S) groups is 1. The smallest absolute Gasteiger partial charge is 0.135 e. The maximum absolute atomic E-state index is 13.9. The predicted octanol–water partition coefficient (Wildman–Crippen LogP) is 3.61. The zero-order valence-corrected chi connectivity index (χ0v) is 13.4. The highest BCUT2D eigenvalue weighted by Crippen LogP contribution is 2.33. The first-order valence-corrected chi connectivity index (χ1v) is 7.91. The number of rotatable bonds is 5. The average molecular weight is 310 g/mol. The van der Waals surface area contributed by atoms with Crippen LogP contribution in [0.1, 0.15) is 45.1 Å². The van der Waals surface area contributed by atoms with Gasteiger partial charge in [-0.3, -0.25) is 0 Å². The van der Waals surface area contributed by atoms with E-state index in [0.717, 1.165) is 32.3 Å². The fraction of sp³-hybridized carbons (Fsp3) is 0.562. The molecule has 0 radical (unpaired) electrons. The number of anilines is 1. The highest BCUT2D eigenvalue weighted by Gasteiger charge is 2.34. The predicted molar refractivity (Wildman–Crippen MR) is 88.2 cm³/mol. The molecule has 1 unspecified atom stereocenters. The molecule has 0 spiro atoms. The van der Waals surface area contributed by atoms with E-state index in [-0.39, 0.29) is 22.4 Å². The van der Waals surface area contributed by atoms with Crippen molar-refractivity contribution in [1.29, 1.82) is 0 Å². The molecule has 1 heterocycles. The van der Waals surface area contributed by atoms with E-state index in [9.17, 15) is 4.39 Å². The number of hydrogen-bond donors (Lipinski definition) is 2. The van der Waals surface area contributed by atoms with Crippen LogP contribution >= 0.6 is 12.2 Å². The summed E-state index contributed by atoms with van der Waals surface area (Å²) in [6, 6.07) is 5.12. The first-order valence-electron chi connectivity index (χ1n) is 7.50. The maximum atomic E-state index is 13.9. The van der Waals surface area contributed by atoms with Gasteiger partial charge in [0.2, 0.25) is 0 Å². The number of halogens is 1. The van der Waals surface area contributed by atoms with Crippen LogP contribution in [-0.4, -0.2) is 23.2 Å². The Morgan fingerprint density at radius 3 is 2.81 bits per heavy atom. The summed E-state index contributed by atoms with van der Waals surface area (Å²) < 4.78 is 19.9. The van der Waals surface area contributed by atoms with Crippen LogP contribution in [0.4, 0.5) is 10.1 Å². The molecular weight excluding hydrogens is 287 g/mol. The summed E-state index contributed by atoms with van der Waals surface area (Å²) in [6.07, 6.45) is 3.77. The molecule has 3 nitrogen and oxygen atoms in total. The molecule has 1 aliphatic rings. The van der Waals surface area contributed by atoms with Gasteiger partial charge in [0.15, 0.2) is 0 Å². The zero-order valence-electron chi connectivity index (χ0n) is 12.6. The van der Waals surface area contributed by atoms with E-state index in [1.54, 1.807) is 6.07 Å². The van der Waals surface area contributed by atoms with Crippen LogP contribution in [0.2, 0.25) is 0 Å². The summed E-state index contributed by atoms with van der Waals surface area (Å²) in [5.41, 5.74) is 6.56. The summed E-state index contributed by atoms with van der Waals surface area (Å²) in [4.78, 5) is 0.0832. The minimum atomic E-state index is -0.378. The van der Waals surface area contributed by atoms with E-state index in [0.29, 0.717) is 11.3 Å². The molecule has 0 saturated carbocycles. The third-order valence-electron chi connectivity index (χ3n) is 4.40. The van der Waals surface area contributed by atoms with Crippen LogP contribution in [0.3, 0.4) is 0 Å². The lowest BCUT2D eigenvalue weighted by molar-refractivity contribution is -0.0864. The summed E-state index contributed by atoms with van der Waals surface area (Å²) in [7, 11) is 0. The van der Waals surface area contributed by atoms with Crippen molar-refractivity contribution in [2.75, 3.05) is 11.9 Å². The van der Waals surface area contributed by atoms with Crippen LogP contribution in [0.25, 0.3) is 0 Å². The van der Waals surface area contributed by atoms with Gasteiger partial charge in [-0.1, -0.05) is 32.1 Å². The Kier molecular flexibility index (Phi) is 5.17. The average Bonchev–Trinajstić information content (AvgIpc) is 2.47. The summed E-state index contributed by atoms with van der Waals surface area (Å²) in [5, 5.41) is 3.41. The van der Waals surface area contributed by atoms with Gasteiger partial charge in [-0.25, -0.2) is 4.39 Å². The molecule has 21 heavy (non-hydrogen) atoms. The Hall–Kier alpha value is -1.20. The van der Waals surface area contributed by atoms with E-state index in [4.69, 9.17) is 22.7 Å². The van der Waals surface area contributed by atoms with E-state index in [2.05, 4.69) is 19.2 Å². The Morgan fingerprint density at radius 1 is 1.48 bits per heavy atom. The van der Waals surface area contributed by atoms with Gasteiger partial charge in [-0.2, -0.15) is 0 Å². The van der Waals surface area contributed by atoms with Gasteiger partial charge in [0, 0.05) is 18.3 Å². The van der Waals surface area contributed by atoms with Gasteiger partial charge in [0.25, 0.3) is 0 Å². The van der Waals surface area contributed by atoms with Gasteiger partial charge < -0.3 is 15.8 Å². The minimum Gasteiger partial charge on any atom is -0.389 e. The zero-order chi connectivity index (χ0) is 15.5. The summed E-state index contributed by atoms with van der Waals surface area (Å²) in [5.74, 6) is -0.378. The lowest BCUT2D eigenvalue weighted by atomic mass is 9.85. The summed E-state index contributed by atoms with van der Waals surface area (Å²) in [6.45, 7) is 5.01. The van der Waals surface area contributed by atoms with Gasteiger partial charge in [0.1, 0.15) is 10.8 Å². The molecule has 0 aromatic heterocycles. The fourth-order valence-corrected chi connectivity index (χ4v) is 3.22. The first-order chi connectivity index (χ1) is 10.0. The Bertz CT molecular complexity index is 517. The van der Waals surface area contributed by atoms with Crippen LogP contribution in [0, 0.1) is 5.82 Å². The first kappa shape index (κ1) is 16.2. The normalized spacial score (nSPS) is 21.0. The Morgan fingerprint density at radius 2 is 2.19 bits per heavy atom. The molecule has 116 valence electrons. The molecule has 0 aliphatic carbocycles. The van der Waals surface area contributed by atoms with Gasteiger partial charge in [-0.05, 0) is 37.8 Å². The molecule has 0 bridgehead atoms.